The summed E-state index contributed by atoms with van der Waals surface area (Å²) in [7, 11) is 0. The smallest absolute Gasteiger partial charge is 0.122 e. The summed E-state index contributed by atoms with van der Waals surface area (Å²) in [5.74, 6) is 2.67. The highest BCUT2D eigenvalue weighted by Gasteiger charge is 2.27. The summed E-state index contributed by atoms with van der Waals surface area (Å²) >= 11 is 0. The fourth-order valence-electron chi connectivity index (χ4n) is 4.30. The lowest BCUT2D eigenvalue weighted by Gasteiger charge is -2.28. The summed E-state index contributed by atoms with van der Waals surface area (Å²) in [6.07, 6.45) is 8.11. The summed E-state index contributed by atoms with van der Waals surface area (Å²) in [6, 6.07) is 0. The third-order valence-electron chi connectivity index (χ3n) is 5.39. The molecule has 1 aromatic heterocycles. The van der Waals surface area contributed by atoms with Crippen molar-refractivity contribution < 1.29 is 4.74 Å². The van der Waals surface area contributed by atoms with Crippen LogP contribution in [0.25, 0.3) is 0 Å². The normalized spacial score (nSPS) is 30.5. The first kappa shape index (κ1) is 14.7. The molecular weight excluding hydrogens is 276 g/mol. The third-order valence-corrected chi connectivity index (χ3v) is 5.39. The second kappa shape index (κ2) is 6.69. The van der Waals surface area contributed by atoms with Crippen LogP contribution in [0.15, 0.2) is 12.4 Å². The number of fused-ring (bicyclic) bond motifs is 1. The van der Waals surface area contributed by atoms with Gasteiger partial charge in [-0.3, -0.25) is 4.90 Å². The molecule has 5 nitrogen and oxygen atoms in total. The second-order valence-corrected chi connectivity index (χ2v) is 7.29. The molecule has 2 unspecified atom stereocenters. The standard InChI is InChI=1S/C17H28N4O/c1-2-6-19(5-1)10-16-11-20(9-15-3-8-22-14-15)13-17-18-4-7-21(17)12-16/h4,7,15-16H,1-3,5-6,8-14H2. The molecule has 0 spiro atoms. The van der Waals surface area contributed by atoms with E-state index in [0.29, 0.717) is 5.92 Å². The van der Waals surface area contributed by atoms with Crippen LogP contribution in [0.1, 0.15) is 25.1 Å². The molecule has 0 N–H and O–H groups in total. The fourth-order valence-corrected chi connectivity index (χ4v) is 4.30. The van der Waals surface area contributed by atoms with E-state index in [-0.39, 0.29) is 0 Å². The number of nitrogens with zero attached hydrogens (tertiary/aromatic N) is 4. The lowest BCUT2D eigenvalue weighted by Crippen LogP contribution is -2.37. The fraction of sp³-hybridized carbons (Fsp3) is 0.824. The van der Waals surface area contributed by atoms with E-state index >= 15 is 0 Å². The summed E-state index contributed by atoms with van der Waals surface area (Å²) in [5.41, 5.74) is 0. The van der Waals surface area contributed by atoms with Gasteiger partial charge in [-0.15, -0.1) is 0 Å². The molecule has 0 bridgehead atoms. The average molecular weight is 304 g/mol. The Kier molecular flexibility index (Phi) is 4.46. The number of rotatable bonds is 4. The molecule has 0 aliphatic carbocycles. The Morgan fingerprint density at radius 2 is 1.95 bits per heavy atom. The van der Waals surface area contributed by atoms with Crippen LogP contribution in [-0.4, -0.2) is 65.3 Å². The van der Waals surface area contributed by atoms with Crippen LogP contribution < -0.4 is 0 Å². The minimum absolute atomic E-state index is 0.717. The molecule has 0 saturated carbocycles. The zero-order chi connectivity index (χ0) is 14.8. The van der Waals surface area contributed by atoms with Crippen molar-refractivity contribution in [1.29, 1.82) is 0 Å². The highest BCUT2D eigenvalue weighted by Crippen LogP contribution is 2.21. The molecular formula is C17H28N4O. The summed E-state index contributed by atoms with van der Waals surface area (Å²) in [4.78, 5) is 9.87. The number of imidazole rings is 1. The zero-order valence-electron chi connectivity index (χ0n) is 13.5. The molecule has 4 rings (SSSR count). The lowest BCUT2D eigenvalue weighted by atomic mass is 10.1. The van der Waals surface area contributed by atoms with Crippen molar-refractivity contribution in [3.63, 3.8) is 0 Å². The zero-order valence-corrected chi connectivity index (χ0v) is 13.5. The van der Waals surface area contributed by atoms with Crippen LogP contribution in [-0.2, 0) is 17.8 Å². The number of hydrogen-bond acceptors (Lipinski definition) is 4. The molecule has 3 aliphatic heterocycles. The predicted octanol–water partition coefficient (Wildman–Crippen LogP) is 1.45. The molecule has 4 heterocycles. The van der Waals surface area contributed by atoms with E-state index in [4.69, 9.17) is 4.74 Å². The predicted molar refractivity (Wildman–Crippen MR) is 85.6 cm³/mol. The highest BCUT2D eigenvalue weighted by atomic mass is 16.5. The van der Waals surface area contributed by atoms with Crippen LogP contribution in [0.4, 0.5) is 0 Å². The van der Waals surface area contributed by atoms with Crippen molar-refractivity contribution in [3.8, 4) is 0 Å². The molecule has 5 heteroatoms. The maximum atomic E-state index is 5.56. The largest absolute Gasteiger partial charge is 0.381 e. The van der Waals surface area contributed by atoms with E-state index in [1.54, 1.807) is 0 Å². The first-order valence-electron chi connectivity index (χ1n) is 8.89. The van der Waals surface area contributed by atoms with E-state index < -0.39 is 0 Å². The quantitative estimate of drug-likeness (QED) is 0.843. The molecule has 0 amide bonds. The van der Waals surface area contributed by atoms with E-state index in [1.807, 2.05) is 6.20 Å². The van der Waals surface area contributed by atoms with E-state index in [2.05, 4.69) is 25.5 Å². The van der Waals surface area contributed by atoms with Gasteiger partial charge in [-0.2, -0.15) is 0 Å². The van der Waals surface area contributed by atoms with Crippen LogP contribution >= 0.6 is 0 Å². The van der Waals surface area contributed by atoms with Crippen LogP contribution in [0.2, 0.25) is 0 Å². The topological polar surface area (TPSA) is 33.5 Å². The second-order valence-electron chi connectivity index (χ2n) is 7.29. The number of aromatic nitrogens is 2. The Balaban J connectivity index is 1.44. The van der Waals surface area contributed by atoms with Crippen LogP contribution in [0, 0.1) is 11.8 Å². The van der Waals surface area contributed by atoms with Crippen molar-refractivity contribution in [3.05, 3.63) is 18.2 Å². The maximum Gasteiger partial charge on any atom is 0.122 e. The van der Waals surface area contributed by atoms with Gasteiger partial charge in [-0.25, -0.2) is 4.98 Å². The molecule has 2 atom stereocenters. The molecule has 0 radical (unpaired) electrons. The summed E-state index contributed by atoms with van der Waals surface area (Å²) < 4.78 is 7.94. The van der Waals surface area contributed by atoms with Crippen molar-refractivity contribution in [1.82, 2.24) is 19.4 Å². The first-order chi connectivity index (χ1) is 10.9. The van der Waals surface area contributed by atoms with E-state index in [1.165, 1.54) is 57.8 Å². The van der Waals surface area contributed by atoms with Crippen LogP contribution in [0.3, 0.4) is 0 Å². The van der Waals surface area contributed by atoms with E-state index in [9.17, 15) is 0 Å². The van der Waals surface area contributed by atoms with Crippen molar-refractivity contribution in [2.24, 2.45) is 11.8 Å². The molecule has 0 aromatic carbocycles. The summed E-state index contributed by atoms with van der Waals surface area (Å²) in [6.45, 7) is 10.2. The Labute approximate surface area is 133 Å². The minimum atomic E-state index is 0.717. The minimum Gasteiger partial charge on any atom is -0.381 e. The van der Waals surface area contributed by atoms with Gasteiger partial charge in [0.1, 0.15) is 5.82 Å². The van der Waals surface area contributed by atoms with Crippen molar-refractivity contribution >= 4 is 0 Å². The first-order valence-corrected chi connectivity index (χ1v) is 8.89. The molecule has 122 valence electrons. The average Bonchev–Trinajstić information content (AvgIpc) is 3.22. The van der Waals surface area contributed by atoms with Gasteiger partial charge in [0.2, 0.25) is 0 Å². The third kappa shape index (κ3) is 3.36. The van der Waals surface area contributed by atoms with Gasteiger partial charge in [0.25, 0.3) is 0 Å². The molecule has 22 heavy (non-hydrogen) atoms. The van der Waals surface area contributed by atoms with Gasteiger partial charge >= 0.3 is 0 Å². The highest BCUT2D eigenvalue weighted by molar-refractivity contribution is 4.96. The number of ether oxygens (including phenoxy) is 1. The van der Waals surface area contributed by atoms with Crippen molar-refractivity contribution in [2.45, 2.75) is 32.4 Å². The lowest BCUT2D eigenvalue weighted by molar-refractivity contribution is 0.147. The molecule has 3 aliphatic rings. The number of likely N-dealkylation sites (tertiary alicyclic amines) is 1. The van der Waals surface area contributed by atoms with Gasteiger partial charge < -0.3 is 14.2 Å². The molecule has 2 saturated heterocycles. The SMILES string of the molecule is c1cn2c(n1)CN(CC1CCOC1)CC(CN1CCCC1)C2. The maximum absolute atomic E-state index is 5.56. The Morgan fingerprint density at radius 3 is 2.77 bits per heavy atom. The van der Waals surface area contributed by atoms with Gasteiger partial charge in [0.15, 0.2) is 0 Å². The Hall–Kier alpha value is -0.910. The van der Waals surface area contributed by atoms with Gasteiger partial charge in [0.05, 0.1) is 13.2 Å². The van der Waals surface area contributed by atoms with Crippen LogP contribution in [0.5, 0.6) is 0 Å². The number of hydrogen-bond donors (Lipinski definition) is 0. The Morgan fingerprint density at radius 1 is 1.09 bits per heavy atom. The van der Waals surface area contributed by atoms with E-state index in [0.717, 1.165) is 32.2 Å². The monoisotopic (exact) mass is 304 g/mol. The molecule has 1 aromatic rings. The molecule has 2 fully saturated rings. The van der Waals surface area contributed by atoms with Gasteiger partial charge in [-0.1, -0.05) is 0 Å². The Bertz CT molecular complexity index is 436. The van der Waals surface area contributed by atoms with Gasteiger partial charge in [-0.05, 0) is 38.3 Å². The summed E-state index contributed by atoms with van der Waals surface area (Å²) in [5, 5.41) is 0. The van der Waals surface area contributed by atoms with Crippen molar-refractivity contribution in [2.75, 3.05) is 45.9 Å². The van der Waals surface area contributed by atoms with Gasteiger partial charge in [0, 0.05) is 51.1 Å².